The van der Waals surface area contributed by atoms with Crippen LogP contribution in [0, 0.1) is 0 Å². The van der Waals surface area contributed by atoms with Crippen LogP contribution in [0.4, 0.5) is 5.69 Å². The molecule has 1 saturated heterocycles. The number of hydrogen-bond acceptors (Lipinski definition) is 4. The maximum Gasteiger partial charge on any atom is 0.242 e. The number of carbonyl (C=O) groups is 1. The summed E-state index contributed by atoms with van der Waals surface area (Å²) in [5, 5.41) is 0. The van der Waals surface area contributed by atoms with Crippen molar-refractivity contribution in [3.8, 4) is 11.5 Å². The van der Waals surface area contributed by atoms with Crippen molar-refractivity contribution in [3.05, 3.63) is 54.1 Å². The Kier molecular flexibility index (Phi) is 5.19. The van der Waals surface area contributed by atoms with Crippen LogP contribution < -0.4 is 14.4 Å². The van der Waals surface area contributed by atoms with Gasteiger partial charge in [-0.05, 0) is 42.7 Å². The number of nitrogens with zero attached hydrogens (tertiary/aromatic N) is 2. The fraction of sp³-hybridized carbons (Fsp3) is 0.409. The lowest BCUT2D eigenvalue weighted by Gasteiger charge is -2.28. The third-order valence-corrected chi connectivity index (χ3v) is 5.30. The summed E-state index contributed by atoms with van der Waals surface area (Å²) in [4.78, 5) is 17.0. The Morgan fingerprint density at radius 2 is 1.85 bits per heavy atom. The Bertz CT molecular complexity index is 793. The van der Waals surface area contributed by atoms with Gasteiger partial charge in [-0.3, -0.25) is 4.79 Å². The van der Waals surface area contributed by atoms with Crippen LogP contribution >= 0.6 is 0 Å². The van der Waals surface area contributed by atoms with E-state index in [1.54, 1.807) is 0 Å². The molecule has 2 aliphatic heterocycles. The molecule has 2 heterocycles. The SMILES string of the molecule is CN(CC(=O)N1CCC[C@H]1c1ccc2c(c1)OCCCO2)c1ccccc1. The molecule has 5 nitrogen and oxygen atoms in total. The van der Waals surface area contributed by atoms with Crippen LogP contribution in [0.2, 0.25) is 0 Å². The number of rotatable bonds is 4. The molecular weight excluding hydrogens is 340 g/mol. The average Bonchev–Trinajstić information content (AvgIpc) is 3.07. The third-order valence-electron chi connectivity index (χ3n) is 5.30. The smallest absolute Gasteiger partial charge is 0.242 e. The highest BCUT2D eigenvalue weighted by Gasteiger charge is 2.31. The largest absolute Gasteiger partial charge is 0.490 e. The first-order valence-corrected chi connectivity index (χ1v) is 9.67. The fourth-order valence-electron chi connectivity index (χ4n) is 3.87. The van der Waals surface area contributed by atoms with Gasteiger partial charge in [-0.2, -0.15) is 0 Å². The highest BCUT2D eigenvalue weighted by molar-refractivity contribution is 5.82. The van der Waals surface area contributed by atoms with E-state index in [4.69, 9.17) is 9.47 Å². The van der Waals surface area contributed by atoms with Crippen LogP contribution in [-0.2, 0) is 4.79 Å². The molecule has 5 heteroatoms. The van der Waals surface area contributed by atoms with Crippen molar-refractivity contribution in [1.29, 1.82) is 0 Å². The van der Waals surface area contributed by atoms with Gasteiger partial charge in [0.15, 0.2) is 11.5 Å². The Balaban J connectivity index is 1.49. The molecule has 0 radical (unpaired) electrons. The molecule has 0 aromatic heterocycles. The number of fused-ring (bicyclic) bond motifs is 1. The molecule has 0 saturated carbocycles. The minimum atomic E-state index is 0.110. The van der Waals surface area contributed by atoms with E-state index in [-0.39, 0.29) is 11.9 Å². The van der Waals surface area contributed by atoms with Gasteiger partial charge in [0.05, 0.1) is 25.8 Å². The van der Waals surface area contributed by atoms with Crippen molar-refractivity contribution in [2.24, 2.45) is 0 Å². The molecule has 2 aliphatic rings. The van der Waals surface area contributed by atoms with Crippen molar-refractivity contribution in [2.45, 2.75) is 25.3 Å². The van der Waals surface area contributed by atoms with E-state index >= 15 is 0 Å². The number of likely N-dealkylation sites (N-methyl/N-ethyl adjacent to an activating group) is 1. The number of para-hydroxylation sites is 1. The monoisotopic (exact) mass is 366 g/mol. The molecule has 2 aromatic rings. The molecule has 0 bridgehead atoms. The molecule has 1 amide bonds. The summed E-state index contributed by atoms with van der Waals surface area (Å²) in [6.07, 6.45) is 2.91. The van der Waals surface area contributed by atoms with Crippen LogP contribution in [-0.4, -0.2) is 44.2 Å². The number of carbonyl (C=O) groups excluding carboxylic acids is 1. The summed E-state index contributed by atoms with van der Waals surface area (Å²) in [6, 6.07) is 16.2. The lowest BCUT2D eigenvalue weighted by molar-refractivity contribution is -0.130. The second-order valence-corrected chi connectivity index (χ2v) is 7.19. The summed E-state index contributed by atoms with van der Waals surface area (Å²) < 4.78 is 11.6. The minimum Gasteiger partial charge on any atom is -0.490 e. The van der Waals surface area contributed by atoms with Gasteiger partial charge in [0.25, 0.3) is 0 Å². The average molecular weight is 366 g/mol. The normalized spacial score (nSPS) is 18.9. The molecule has 0 aliphatic carbocycles. The molecule has 1 fully saturated rings. The maximum atomic E-state index is 13.0. The molecule has 2 aromatic carbocycles. The van der Waals surface area contributed by atoms with Gasteiger partial charge in [-0.1, -0.05) is 24.3 Å². The van der Waals surface area contributed by atoms with Crippen molar-refractivity contribution >= 4 is 11.6 Å². The van der Waals surface area contributed by atoms with Crippen molar-refractivity contribution in [1.82, 2.24) is 4.90 Å². The quantitative estimate of drug-likeness (QED) is 0.828. The fourth-order valence-corrected chi connectivity index (χ4v) is 3.87. The Labute approximate surface area is 160 Å². The van der Waals surface area contributed by atoms with Gasteiger partial charge in [0.1, 0.15) is 0 Å². The third kappa shape index (κ3) is 3.87. The standard InChI is InChI=1S/C22H26N2O3/c1-23(18-7-3-2-4-8-18)16-22(25)24-12-5-9-19(24)17-10-11-20-21(15-17)27-14-6-13-26-20/h2-4,7-8,10-11,15,19H,5-6,9,12-14,16H2,1H3/t19-/m0/s1. The Morgan fingerprint density at radius 1 is 1.07 bits per heavy atom. The molecule has 142 valence electrons. The van der Waals surface area contributed by atoms with Gasteiger partial charge in [0.2, 0.25) is 5.91 Å². The highest BCUT2D eigenvalue weighted by atomic mass is 16.5. The molecule has 0 spiro atoms. The van der Waals surface area contributed by atoms with E-state index in [2.05, 4.69) is 12.1 Å². The lowest BCUT2D eigenvalue weighted by atomic mass is 10.0. The first-order chi connectivity index (χ1) is 13.2. The van der Waals surface area contributed by atoms with Gasteiger partial charge < -0.3 is 19.3 Å². The highest BCUT2D eigenvalue weighted by Crippen LogP contribution is 2.38. The van der Waals surface area contributed by atoms with E-state index in [9.17, 15) is 4.79 Å². The predicted octanol–water partition coefficient (Wildman–Crippen LogP) is 3.65. The molecule has 27 heavy (non-hydrogen) atoms. The molecule has 0 N–H and O–H groups in total. The van der Waals surface area contributed by atoms with Crippen molar-refractivity contribution in [2.75, 3.05) is 38.3 Å². The van der Waals surface area contributed by atoms with Gasteiger partial charge in [-0.25, -0.2) is 0 Å². The van der Waals surface area contributed by atoms with Crippen LogP contribution in [0.1, 0.15) is 30.9 Å². The maximum absolute atomic E-state index is 13.0. The minimum absolute atomic E-state index is 0.110. The predicted molar refractivity (Wildman–Crippen MR) is 105 cm³/mol. The molecule has 0 unspecified atom stereocenters. The topological polar surface area (TPSA) is 42.0 Å². The summed E-state index contributed by atoms with van der Waals surface area (Å²) in [7, 11) is 1.96. The van der Waals surface area contributed by atoms with Crippen LogP contribution in [0.3, 0.4) is 0 Å². The zero-order valence-electron chi connectivity index (χ0n) is 15.8. The van der Waals surface area contributed by atoms with Crippen LogP contribution in [0.5, 0.6) is 11.5 Å². The number of amides is 1. The van der Waals surface area contributed by atoms with Gasteiger partial charge >= 0.3 is 0 Å². The molecular formula is C22H26N2O3. The number of likely N-dealkylation sites (tertiary alicyclic amines) is 1. The number of ether oxygens (including phenoxy) is 2. The number of hydrogen-bond donors (Lipinski definition) is 0. The summed E-state index contributed by atoms with van der Waals surface area (Å²) in [5.41, 5.74) is 2.18. The van der Waals surface area contributed by atoms with Crippen LogP contribution in [0.25, 0.3) is 0 Å². The van der Waals surface area contributed by atoms with Crippen molar-refractivity contribution in [3.63, 3.8) is 0 Å². The summed E-state index contributed by atoms with van der Waals surface area (Å²) >= 11 is 0. The zero-order chi connectivity index (χ0) is 18.6. The number of anilines is 1. The lowest BCUT2D eigenvalue weighted by Crippen LogP contribution is -2.38. The first-order valence-electron chi connectivity index (χ1n) is 9.67. The van der Waals surface area contributed by atoms with Crippen molar-refractivity contribution < 1.29 is 14.3 Å². The zero-order valence-corrected chi connectivity index (χ0v) is 15.8. The van der Waals surface area contributed by atoms with E-state index in [0.717, 1.165) is 48.6 Å². The second kappa shape index (κ2) is 7.91. The molecule has 4 rings (SSSR count). The Hall–Kier alpha value is -2.69. The van der Waals surface area contributed by atoms with Gasteiger partial charge in [0, 0.05) is 25.7 Å². The van der Waals surface area contributed by atoms with Gasteiger partial charge in [-0.15, -0.1) is 0 Å². The van der Waals surface area contributed by atoms with Crippen LogP contribution in [0.15, 0.2) is 48.5 Å². The Morgan fingerprint density at radius 3 is 2.67 bits per heavy atom. The van der Waals surface area contributed by atoms with E-state index in [1.165, 1.54) is 0 Å². The van der Waals surface area contributed by atoms with E-state index < -0.39 is 0 Å². The number of benzene rings is 2. The first kappa shape index (κ1) is 17.7. The molecule has 1 atom stereocenters. The van der Waals surface area contributed by atoms with E-state index in [0.29, 0.717) is 19.8 Å². The summed E-state index contributed by atoms with van der Waals surface area (Å²) in [6.45, 7) is 2.55. The second-order valence-electron chi connectivity index (χ2n) is 7.19. The van der Waals surface area contributed by atoms with E-state index in [1.807, 2.05) is 53.2 Å². The summed E-state index contributed by atoms with van der Waals surface area (Å²) in [5.74, 6) is 1.76.